The molecule has 1 atom stereocenters. The highest BCUT2D eigenvalue weighted by atomic mass is 32.1. The average Bonchev–Trinajstić information content (AvgIpc) is 2.68. The van der Waals surface area contributed by atoms with E-state index < -0.39 is 18.0 Å². The quantitative estimate of drug-likeness (QED) is 0.750. The molecule has 0 aromatic carbocycles. The van der Waals surface area contributed by atoms with E-state index in [0.29, 0.717) is 13.0 Å². The van der Waals surface area contributed by atoms with Crippen LogP contribution in [0, 0.1) is 6.92 Å². The van der Waals surface area contributed by atoms with Gasteiger partial charge in [-0.1, -0.05) is 6.92 Å². The summed E-state index contributed by atoms with van der Waals surface area (Å²) in [7, 11) is 0. The van der Waals surface area contributed by atoms with Gasteiger partial charge in [-0.2, -0.15) is 0 Å². The predicted molar refractivity (Wildman–Crippen MR) is 66.1 cm³/mol. The third-order valence-corrected chi connectivity index (χ3v) is 3.41. The molecule has 6 heteroatoms. The third kappa shape index (κ3) is 4.07. The molecule has 0 aliphatic carbocycles. The Labute approximate surface area is 104 Å². The molecular weight excluding hydrogens is 240 g/mol. The van der Waals surface area contributed by atoms with Gasteiger partial charge in [0.25, 0.3) is 0 Å². The lowest BCUT2D eigenvalue weighted by molar-refractivity contribution is -0.139. The molecule has 1 aromatic heterocycles. The van der Waals surface area contributed by atoms with Gasteiger partial charge in [-0.3, -0.25) is 0 Å². The first-order valence-corrected chi connectivity index (χ1v) is 6.22. The number of aliphatic carboxylic acids is 1. The Hall–Kier alpha value is -1.56. The van der Waals surface area contributed by atoms with Gasteiger partial charge in [-0.15, -0.1) is 11.3 Å². The number of carboxylic acids is 1. The number of aryl methyl sites for hydroxylation is 1. The molecule has 5 nitrogen and oxygen atoms in total. The Balaban J connectivity index is 2.40. The molecule has 0 saturated heterocycles. The van der Waals surface area contributed by atoms with Gasteiger partial charge in [-0.05, 0) is 30.4 Å². The lowest BCUT2D eigenvalue weighted by atomic mass is 10.2. The number of carbonyl (C=O) groups excluding carboxylic acids is 1. The molecule has 0 aliphatic heterocycles. The van der Waals surface area contributed by atoms with E-state index in [2.05, 4.69) is 10.6 Å². The van der Waals surface area contributed by atoms with Crippen molar-refractivity contribution in [3.63, 3.8) is 0 Å². The number of hydrogen-bond acceptors (Lipinski definition) is 3. The molecule has 0 aliphatic rings. The smallest absolute Gasteiger partial charge is 0.326 e. The second-order valence-electron chi connectivity index (χ2n) is 3.65. The molecule has 2 amide bonds. The van der Waals surface area contributed by atoms with Crippen molar-refractivity contribution in [2.45, 2.75) is 32.9 Å². The second-order valence-corrected chi connectivity index (χ2v) is 4.65. The second kappa shape index (κ2) is 6.24. The molecular formula is C11H16N2O3S. The standard InChI is InChI=1S/C11H16N2O3S/c1-3-8(10(14)15)13-11(16)12-6-9-7(2)4-5-17-9/h4-5,8H,3,6H2,1-2H3,(H,14,15)(H2,12,13,16)/t8-/m1/s1. The maximum atomic E-state index is 11.4. The Kier molecular flexibility index (Phi) is 4.96. The minimum absolute atomic E-state index is 0.362. The number of carboxylic acid groups (broad SMARTS) is 1. The minimum Gasteiger partial charge on any atom is -0.480 e. The summed E-state index contributed by atoms with van der Waals surface area (Å²) in [4.78, 5) is 23.2. The number of rotatable bonds is 5. The maximum absolute atomic E-state index is 11.4. The molecule has 1 aromatic rings. The fourth-order valence-electron chi connectivity index (χ4n) is 1.29. The number of amides is 2. The van der Waals surface area contributed by atoms with Crippen molar-refractivity contribution in [1.82, 2.24) is 10.6 Å². The summed E-state index contributed by atoms with van der Waals surface area (Å²) in [5.41, 5.74) is 1.13. The van der Waals surface area contributed by atoms with Crippen LogP contribution in [0.2, 0.25) is 0 Å². The highest BCUT2D eigenvalue weighted by Gasteiger charge is 2.17. The van der Waals surface area contributed by atoms with Crippen LogP contribution in [0.4, 0.5) is 4.79 Å². The summed E-state index contributed by atoms with van der Waals surface area (Å²) in [6, 6.07) is 0.692. The highest BCUT2D eigenvalue weighted by Crippen LogP contribution is 2.14. The van der Waals surface area contributed by atoms with E-state index in [1.807, 2.05) is 18.4 Å². The molecule has 1 rings (SSSR count). The van der Waals surface area contributed by atoms with Gasteiger partial charge in [0.15, 0.2) is 0 Å². The van der Waals surface area contributed by atoms with E-state index in [-0.39, 0.29) is 0 Å². The molecule has 0 bridgehead atoms. The van der Waals surface area contributed by atoms with Crippen molar-refractivity contribution < 1.29 is 14.7 Å². The maximum Gasteiger partial charge on any atom is 0.326 e. The Morgan fingerprint density at radius 3 is 2.71 bits per heavy atom. The predicted octanol–water partition coefficient (Wildman–Crippen LogP) is 1.72. The summed E-state index contributed by atoms with van der Waals surface area (Å²) in [6.07, 6.45) is 0.362. The first-order valence-electron chi connectivity index (χ1n) is 5.34. The van der Waals surface area contributed by atoms with E-state index in [4.69, 9.17) is 5.11 Å². The Bertz CT molecular complexity index is 403. The third-order valence-electron chi connectivity index (χ3n) is 2.39. The fourth-order valence-corrected chi connectivity index (χ4v) is 2.14. The van der Waals surface area contributed by atoms with E-state index >= 15 is 0 Å². The molecule has 94 valence electrons. The van der Waals surface area contributed by atoms with Gasteiger partial charge in [0.1, 0.15) is 6.04 Å². The van der Waals surface area contributed by atoms with Crippen LogP contribution in [0.1, 0.15) is 23.8 Å². The van der Waals surface area contributed by atoms with Crippen molar-refractivity contribution in [3.8, 4) is 0 Å². The number of carbonyl (C=O) groups is 2. The molecule has 1 heterocycles. The van der Waals surface area contributed by atoms with Crippen molar-refractivity contribution >= 4 is 23.3 Å². The van der Waals surface area contributed by atoms with E-state index in [0.717, 1.165) is 10.4 Å². The first kappa shape index (κ1) is 13.5. The van der Waals surface area contributed by atoms with E-state index in [1.165, 1.54) is 0 Å². The van der Waals surface area contributed by atoms with Gasteiger partial charge in [0.05, 0.1) is 6.54 Å². The van der Waals surface area contributed by atoms with Gasteiger partial charge in [0.2, 0.25) is 0 Å². The van der Waals surface area contributed by atoms with Gasteiger partial charge in [-0.25, -0.2) is 9.59 Å². The zero-order chi connectivity index (χ0) is 12.8. The minimum atomic E-state index is -1.02. The molecule has 0 radical (unpaired) electrons. The summed E-state index contributed by atoms with van der Waals surface area (Å²) in [5, 5.41) is 15.8. The molecule has 0 spiro atoms. The number of nitrogens with one attached hydrogen (secondary N) is 2. The van der Waals surface area contributed by atoms with Crippen LogP contribution in [-0.4, -0.2) is 23.1 Å². The van der Waals surface area contributed by atoms with Crippen LogP contribution in [-0.2, 0) is 11.3 Å². The van der Waals surface area contributed by atoms with Crippen molar-refractivity contribution in [2.75, 3.05) is 0 Å². The van der Waals surface area contributed by atoms with Crippen LogP contribution in [0.25, 0.3) is 0 Å². The lowest BCUT2D eigenvalue weighted by Crippen LogP contribution is -2.45. The zero-order valence-electron chi connectivity index (χ0n) is 9.82. The normalized spacial score (nSPS) is 11.9. The zero-order valence-corrected chi connectivity index (χ0v) is 10.6. The summed E-state index contributed by atoms with van der Waals surface area (Å²) >= 11 is 1.56. The monoisotopic (exact) mass is 256 g/mol. The molecule has 0 fully saturated rings. The SMILES string of the molecule is CC[C@@H](NC(=O)NCc1sccc1C)C(=O)O. The largest absolute Gasteiger partial charge is 0.480 e. The van der Waals surface area contributed by atoms with Crippen molar-refractivity contribution in [2.24, 2.45) is 0 Å². The van der Waals surface area contributed by atoms with Crippen LogP contribution in [0.5, 0.6) is 0 Å². The summed E-state index contributed by atoms with van der Waals surface area (Å²) in [5.74, 6) is -1.02. The lowest BCUT2D eigenvalue weighted by Gasteiger charge is -2.12. The number of thiophene rings is 1. The number of hydrogen-bond donors (Lipinski definition) is 3. The first-order chi connectivity index (χ1) is 8.04. The fraction of sp³-hybridized carbons (Fsp3) is 0.455. The van der Waals surface area contributed by atoms with Crippen LogP contribution in [0.15, 0.2) is 11.4 Å². The average molecular weight is 256 g/mol. The van der Waals surface area contributed by atoms with E-state index in [1.54, 1.807) is 18.3 Å². The number of urea groups is 1. The van der Waals surface area contributed by atoms with Gasteiger partial charge < -0.3 is 15.7 Å². The van der Waals surface area contributed by atoms with Crippen molar-refractivity contribution in [1.29, 1.82) is 0 Å². The van der Waals surface area contributed by atoms with Crippen LogP contribution < -0.4 is 10.6 Å². The van der Waals surface area contributed by atoms with Crippen LogP contribution >= 0.6 is 11.3 Å². The van der Waals surface area contributed by atoms with Gasteiger partial charge >= 0.3 is 12.0 Å². The molecule has 17 heavy (non-hydrogen) atoms. The highest BCUT2D eigenvalue weighted by molar-refractivity contribution is 7.10. The van der Waals surface area contributed by atoms with Crippen LogP contribution in [0.3, 0.4) is 0 Å². The molecule has 0 unspecified atom stereocenters. The van der Waals surface area contributed by atoms with Crippen molar-refractivity contribution in [3.05, 3.63) is 21.9 Å². The summed E-state index contributed by atoms with van der Waals surface area (Å²) in [6.45, 7) is 4.10. The Morgan fingerprint density at radius 1 is 1.53 bits per heavy atom. The van der Waals surface area contributed by atoms with Gasteiger partial charge in [0, 0.05) is 4.88 Å². The topological polar surface area (TPSA) is 78.4 Å². The molecule has 3 N–H and O–H groups in total. The summed E-state index contributed by atoms with van der Waals surface area (Å²) < 4.78 is 0. The molecule has 0 saturated carbocycles. The van der Waals surface area contributed by atoms with E-state index in [9.17, 15) is 9.59 Å². The Morgan fingerprint density at radius 2 is 2.24 bits per heavy atom.